The Hall–Kier alpha value is -1.09. The Morgan fingerprint density at radius 1 is 1.29 bits per heavy atom. The van der Waals surface area contributed by atoms with Gasteiger partial charge in [0.05, 0.1) is 5.69 Å². The number of anilines is 1. The highest BCUT2D eigenvalue weighted by atomic mass is 19.1. The molecule has 1 atom stereocenters. The van der Waals surface area contributed by atoms with Gasteiger partial charge in [-0.1, -0.05) is 32.9 Å². The minimum atomic E-state index is -0.155. The van der Waals surface area contributed by atoms with Crippen LogP contribution in [0.1, 0.15) is 27.2 Å². The van der Waals surface area contributed by atoms with Crippen molar-refractivity contribution in [2.24, 2.45) is 0 Å². The van der Waals surface area contributed by atoms with Gasteiger partial charge in [0.1, 0.15) is 5.82 Å². The molecule has 1 aromatic rings. The van der Waals surface area contributed by atoms with E-state index >= 15 is 0 Å². The van der Waals surface area contributed by atoms with Crippen LogP contribution in [-0.4, -0.2) is 25.7 Å². The molecule has 0 radical (unpaired) electrons. The van der Waals surface area contributed by atoms with Crippen LogP contribution >= 0.6 is 0 Å². The van der Waals surface area contributed by atoms with Crippen LogP contribution in [0.5, 0.6) is 0 Å². The van der Waals surface area contributed by atoms with Crippen LogP contribution in [-0.2, 0) is 0 Å². The zero-order valence-corrected chi connectivity index (χ0v) is 11.2. The second kappa shape index (κ2) is 6.60. The SMILES string of the molecule is CCC(CNC(C)C)N(C)c1ccccc1F. The van der Waals surface area contributed by atoms with Crippen LogP contribution in [0, 0.1) is 5.82 Å². The highest BCUT2D eigenvalue weighted by molar-refractivity contribution is 5.47. The van der Waals surface area contributed by atoms with Gasteiger partial charge in [-0.2, -0.15) is 0 Å². The smallest absolute Gasteiger partial charge is 0.146 e. The fraction of sp³-hybridized carbons (Fsp3) is 0.571. The van der Waals surface area contributed by atoms with E-state index in [1.807, 2.05) is 24.1 Å². The normalized spacial score (nSPS) is 12.8. The summed E-state index contributed by atoms with van der Waals surface area (Å²) < 4.78 is 13.7. The van der Waals surface area contributed by atoms with Crippen LogP contribution in [0.2, 0.25) is 0 Å². The number of hydrogen-bond acceptors (Lipinski definition) is 2. The van der Waals surface area contributed by atoms with Gasteiger partial charge in [0.2, 0.25) is 0 Å². The van der Waals surface area contributed by atoms with Gasteiger partial charge in [-0.25, -0.2) is 4.39 Å². The first-order valence-electron chi connectivity index (χ1n) is 6.27. The number of likely N-dealkylation sites (N-methyl/N-ethyl adjacent to an activating group) is 1. The Kier molecular flexibility index (Phi) is 5.42. The van der Waals surface area contributed by atoms with E-state index in [-0.39, 0.29) is 5.82 Å². The molecule has 0 saturated heterocycles. The zero-order valence-electron chi connectivity index (χ0n) is 11.2. The molecule has 0 aliphatic heterocycles. The largest absolute Gasteiger partial charge is 0.368 e. The highest BCUT2D eigenvalue weighted by Crippen LogP contribution is 2.20. The standard InChI is InChI=1S/C14H23FN2/c1-5-12(10-16-11(2)3)17(4)14-9-7-6-8-13(14)15/h6-9,11-12,16H,5,10H2,1-4H3. The fourth-order valence-electron chi connectivity index (χ4n) is 1.86. The van der Waals surface area contributed by atoms with Gasteiger partial charge in [-0.3, -0.25) is 0 Å². The van der Waals surface area contributed by atoms with Crippen molar-refractivity contribution >= 4 is 5.69 Å². The van der Waals surface area contributed by atoms with Crippen LogP contribution < -0.4 is 10.2 Å². The molecule has 1 N–H and O–H groups in total. The molecule has 0 aromatic heterocycles. The lowest BCUT2D eigenvalue weighted by molar-refractivity contribution is 0.496. The predicted octanol–water partition coefficient (Wildman–Crippen LogP) is 3.04. The van der Waals surface area contributed by atoms with E-state index in [1.54, 1.807) is 6.07 Å². The van der Waals surface area contributed by atoms with Crippen molar-refractivity contribution in [3.05, 3.63) is 30.1 Å². The third-order valence-electron chi connectivity index (χ3n) is 3.01. The zero-order chi connectivity index (χ0) is 12.8. The number of nitrogens with zero attached hydrogens (tertiary/aromatic N) is 1. The van der Waals surface area contributed by atoms with Crippen molar-refractivity contribution in [3.63, 3.8) is 0 Å². The fourth-order valence-corrected chi connectivity index (χ4v) is 1.86. The molecule has 3 heteroatoms. The van der Waals surface area contributed by atoms with Gasteiger partial charge in [0.25, 0.3) is 0 Å². The van der Waals surface area contributed by atoms with Crippen LogP contribution in [0.15, 0.2) is 24.3 Å². The minimum absolute atomic E-state index is 0.155. The number of para-hydroxylation sites is 1. The number of hydrogen-bond donors (Lipinski definition) is 1. The maximum Gasteiger partial charge on any atom is 0.146 e. The molecule has 1 aromatic carbocycles. The summed E-state index contributed by atoms with van der Waals surface area (Å²) in [5.41, 5.74) is 0.671. The Morgan fingerprint density at radius 2 is 1.94 bits per heavy atom. The average molecular weight is 238 g/mol. The van der Waals surface area contributed by atoms with Crippen molar-refractivity contribution < 1.29 is 4.39 Å². The quantitative estimate of drug-likeness (QED) is 0.819. The molecule has 2 nitrogen and oxygen atoms in total. The average Bonchev–Trinajstić information content (AvgIpc) is 2.29. The van der Waals surface area contributed by atoms with Gasteiger partial charge >= 0.3 is 0 Å². The summed E-state index contributed by atoms with van der Waals surface area (Å²) in [6.07, 6.45) is 0.991. The summed E-state index contributed by atoms with van der Waals surface area (Å²) in [5.74, 6) is -0.155. The molecule has 0 spiro atoms. The summed E-state index contributed by atoms with van der Waals surface area (Å²) in [6, 6.07) is 7.70. The summed E-state index contributed by atoms with van der Waals surface area (Å²) in [5, 5.41) is 3.40. The lowest BCUT2D eigenvalue weighted by Crippen LogP contribution is -2.42. The second-order valence-electron chi connectivity index (χ2n) is 4.69. The molecule has 0 bridgehead atoms. The Bertz CT molecular complexity index is 339. The molecule has 0 fully saturated rings. The van der Waals surface area contributed by atoms with Crippen LogP contribution in [0.4, 0.5) is 10.1 Å². The van der Waals surface area contributed by atoms with E-state index in [0.29, 0.717) is 17.8 Å². The van der Waals surface area contributed by atoms with Gasteiger partial charge < -0.3 is 10.2 Å². The molecule has 0 aliphatic carbocycles. The third-order valence-corrected chi connectivity index (χ3v) is 3.01. The molecule has 17 heavy (non-hydrogen) atoms. The summed E-state index contributed by atoms with van der Waals surface area (Å²) >= 11 is 0. The number of benzene rings is 1. The Balaban J connectivity index is 2.72. The monoisotopic (exact) mass is 238 g/mol. The molecule has 0 aliphatic rings. The van der Waals surface area contributed by atoms with E-state index in [2.05, 4.69) is 26.1 Å². The van der Waals surface area contributed by atoms with E-state index in [9.17, 15) is 4.39 Å². The van der Waals surface area contributed by atoms with Crippen molar-refractivity contribution in [2.75, 3.05) is 18.5 Å². The van der Waals surface area contributed by atoms with Crippen molar-refractivity contribution in [1.29, 1.82) is 0 Å². The molecule has 0 heterocycles. The van der Waals surface area contributed by atoms with Crippen molar-refractivity contribution in [3.8, 4) is 0 Å². The summed E-state index contributed by atoms with van der Waals surface area (Å²) in [6.45, 7) is 7.24. The lowest BCUT2D eigenvalue weighted by atomic mass is 10.1. The Morgan fingerprint density at radius 3 is 2.47 bits per heavy atom. The molecule has 0 amide bonds. The predicted molar refractivity (Wildman–Crippen MR) is 72.0 cm³/mol. The number of nitrogens with one attached hydrogen (secondary N) is 1. The highest BCUT2D eigenvalue weighted by Gasteiger charge is 2.15. The van der Waals surface area contributed by atoms with Crippen molar-refractivity contribution in [2.45, 2.75) is 39.3 Å². The maximum atomic E-state index is 13.7. The summed E-state index contributed by atoms with van der Waals surface area (Å²) in [7, 11) is 1.95. The van der Waals surface area contributed by atoms with Gasteiger partial charge in [-0.05, 0) is 18.6 Å². The van der Waals surface area contributed by atoms with Gasteiger partial charge in [0.15, 0.2) is 0 Å². The lowest BCUT2D eigenvalue weighted by Gasteiger charge is -2.30. The summed E-state index contributed by atoms with van der Waals surface area (Å²) in [4.78, 5) is 2.02. The molecular weight excluding hydrogens is 215 g/mol. The second-order valence-corrected chi connectivity index (χ2v) is 4.69. The van der Waals surface area contributed by atoms with Gasteiger partial charge in [-0.15, -0.1) is 0 Å². The third kappa shape index (κ3) is 4.00. The van der Waals surface area contributed by atoms with Gasteiger partial charge in [0, 0.05) is 25.7 Å². The van der Waals surface area contributed by atoms with E-state index in [4.69, 9.17) is 0 Å². The van der Waals surface area contributed by atoms with E-state index in [1.165, 1.54) is 6.07 Å². The van der Waals surface area contributed by atoms with Crippen molar-refractivity contribution in [1.82, 2.24) is 5.32 Å². The maximum absolute atomic E-state index is 13.7. The molecule has 96 valence electrons. The van der Waals surface area contributed by atoms with Crippen LogP contribution in [0.25, 0.3) is 0 Å². The van der Waals surface area contributed by atoms with E-state index in [0.717, 1.165) is 13.0 Å². The first kappa shape index (κ1) is 14.0. The molecular formula is C14H23FN2. The Labute approximate surface area is 104 Å². The molecule has 1 unspecified atom stereocenters. The molecule has 0 saturated carbocycles. The topological polar surface area (TPSA) is 15.3 Å². The van der Waals surface area contributed by atoms with E-state index < -0.39 is 0 Å². The first-order valence-corrected chi connectivity index (χ1v) is 6.27. The minimum Gasteiger partial charge on any atom is -0.368 e. The number of rotatable bonds is 6. The first-order chi connectivity index (χ1) is 8.06. The molecule has 1 rings (SSSR count). The van der Waals surface area contributed by atoms with Crippen LogP contribution in [0.3, 0.4) is 0 Å². The number of halogens is 1.